The lowest BCUT2D eigenvalue weighted by atomic mass is 9.97. The minimum absolute atomic E-state index is 0.702. The normalized spacial score (nSPS) is 29.9. The van der Waals surface area contributed by atoms with Crippen LogP contribution in [0.5, 0.6) is 0 Å². The summed E-state index contributed by atoms with van der Waals surface area (Å²) in [4.78, 5) is 6.64. The second-order valence-electron chi connectivity index (χ2n) is 5.79. The minimum atomic E-state index is 0.702. The van der Waals surface area contributed by atoms with Gasteiger partial charge in [0.1, 0.15) is 0 Å². The van der Waals surface area contributed by atoms with Crippen LogP contribution >= 0.6 is 11.6 Å². The molecule has 3 nitrogen and oxygen atoms in total. The van der Waals surface area contributed by atoms with E-state index < -0.39 is 0 Å². The monoisotopic (exact) mass is 279 g/mol. The quantitative estimate of drug-likeness (QED) is 0.919. The molecule has 0 amide bonds. The summed E-state index contributed by atoms with van der Waals surface area (Å²) < 4.78 is 0. The van der Waals surface area contributed by atoms with Gasteiger partial charge in [-0.05, 0) is 43.9 Å². The number of halogens is 1. The first-order chi connectivity index (χ1) is 9.26. The highest BCUT2D eigenvalue weighted by Crippen LogP contribution is 2.30. The van der Waals surface area contributed by atoms with E-state index in [9.17, 15) is 0 Å². The number of piperidine rings is 1. The summed E-state index contributed by atoms with van der Waals surface area (Å²) in [6.45, 7) is 4.28. The fraction of sp³-hybridized carbons (Fsp3) is 0.667. The van der Waals surface area contributed by atoms with Crippen molar-refractivity contribution in [3.8, 4) is 0 Å². The Kier molecular flexibility index (Phi) is 4.06. The van der Waals surface area contributed by atoms with Gasteiger partial charge < -0.3 is 5.32 Å². The number of pyridine rings is 1. The molecule has 104 valence electrons. The summed E-state index contributed by atoms with van der Waals surface area (Å²) in [5.41, 5.74) is 1.20. The Morgan fingerprint density at radius 2 is 2.11 bits per heavy atom. The van der Waals surface area contributed by atoms with Crippen LogP contribution in [0.2, 0.25) is 5.02 Å². The maximum atomic E-state index is 6.23. The molecule has 0 aromatic carbocycles. The van der Waals surface area contributed by atoms with Crippen molar-refractivity contribution in [2.24, 2.45) is 0 Å². The third-order valence-electron chi connectivity index (χ3n) is 4.60. The maximum Gasteiger partial charge on any atom is 0.0634 e. The number of fused-ring (bicyclic) bond motifs is 2. The summed E-state index contributed by atoms with van der Waals surface area (Å²) in [6.07, 6.45) is 8.86. The Labute approximate surface area is 120 Å². The van der Waals surface area contributed by atoms with Crippen LogP contribution < -0.4 is 5.32 Å². The third kappa shape index (κ3) is 2.93. The lowest BCUT2D eigenvalue weighted by Crippen LogP contribution is -2.47. The molecule has 0 saturated carbocycles. The van der Waals surface area contributed by atoms with E-state index in [2.05, 4.69) is 22.1 Å². The van der Waals surface area contributed by atoms with Crippen LogP contribution in [0.3, 0.4) is 0 Å². The van der Waals surface area contributed by atoms with Crippen molar-refractivity contribution in [1.82, 2.24) is 15.2 Å². The highest BCUT2D eigenvalue weighted by atomic mass is 35.5. The zero-order chi connectivity index (χ0) is 13.2. The van der Waals surface area contributed by atoms with Crippen molar-refractivity contribution in [1.29, 1.82) is 0 Å². The Balaban J connectivity index is 1.69. The smallest absolute Gasteiger partial charge is 0.0634 e. The lowest BCUT2D eigenvalue weighted by molar-refractivity contribution is 0.141. The first-order valence-electron chi connectivity index (χ1n) is 7.34. The van der Waals surface area contributed by atoms with Crippen molar-refractivity contribution in [2.45, 2.75) is 57.3 Å². The van der Waals surface area contributed by atoms with Gasteiger partial charge in [-0.2, -0.15) is 0 Å². The highest BCUT2D eigenvalue weighted by molar-refractivity contribution is 6.31. The van der Waals surface area contributed by atoms with Gasteiger partial charge in [0.2, 0.25) is 0 Å². The average Bonchev–Trinajstić information content (AvgIpc) is 2.76. The van der Waals surface area contributed by atoms with E-state index in [1.807, 2.05) is 12.3 Å². The Hall–Kier alpha value is -0.640. The molecule has 0 aliphatic carbocycles. The molecule has 19 heavy (non-hydrogen) atoms. The average molecular weight is 280 g/mol. The number of hydrogen-bond donors (Lipinski definition) is 1. The molecule has 1 aromatic rings. The minimum Gasteiger partial charge on any atom is -0.311 e. The molecular weight excluding hydrogens is 258 g/mol. The molecular formula is C15H22ClN3. The lowest BCUT2D eigenvalue weighted by Gasteiger charge is -2.37. The van der Waals surface area contributed by atoms with Crippen LogP contribution in [0.15, 0.2) is 18.5 Å². The fourth-order valence-corrected chi connectivity index (χ4v) is 3.75. The van der Waals surface area contributed by atoms with Gasteiger partial charge in [0.05, 0.1) is 5.02 Å². The van der Waals surface area contributed by atoms with Gasteiger partial charge in [0, 0.05) is 37.1 Å². The van der Waals surface area contributed by atoms with Crippen LogP contribution in [0.1, 0.15) is 38.2 Å². The molecule has 3 heterocycles. The molecule has 2 atom stereocenters. The number of rotatable bonds is 4. The summed E-state index contributed by atoms with van der Waals surface area (Å²) in [5.74, 6) is 0. The van der Waals surface area contributed by atoms with Gasteiger partial charge in [-0.15, -0.1) is 0 Å². The number of nitrogens with one attached hydrogen (secondary N) is 1. The van der Waals surface area contributed by atoms with E-state index in [-0.39, 0.29) is 0 Å². The second kappa shape index (κ2) is 5.78. The molecule has 2 unspecified atom stereocenters. The Bertz CT molecular complexity index is 425. The fourth-order valence-electron chi connectivity index (χ4n) is 3.58. The standard InChI is InChI=1S/C15H22ClN3/c1-2-19(10-11-5-6-17-9-15(11)16)14-7-12-3-4-13(8-14)18-12/h5-6,9,12-14,18H,2-4,7-8,10H2,1H3. The van der Waals surface area contributed by atoms with Crippen molar-refractivity contribution in [3.63, 3.8) is 0 Å². The Morgan fingerprint density at radius 3 is 2.74 bits per heavy atom. The molecule has 2 saturated heterocycles. The summed E-state index contributed by atoms with van der Waals surface area (Å²) in [6, 6.07) is 4.23. The summed E-state index contributed by atoms with van der Waals surface area (Å²) >= 11 is 6.23. The van der Waals surface area contributed by atoms with Gasteiger partial charge in [0.15, 0.2) is 0 Å². The maximum absolute atomic E-state index is 6.23. The number of hydrogen-bond acceptors (Lipinski definition) is 3. The summed E-state index contributed by atoms with van der Waals surface area (Å²) in [7, 11) is 0. The van der Waals surface area contributed by atoms with Gasteiger partial charge in [-0.3, -0.25) is 9.88 Å². The molecule has 2 aliphatic heterocycles. The van der Waals surface area contributed by atoms with E-state index in [1.54, 1.807) is 6.20 Å². The van der Waals surface area contributed by atoms with E-state index in [1.165, 1.54) is 31.2 Å². The first-order valence-corrected chi connectivity index (χ1v) is 7.72. The van der Waals surface area contributed by atoms with E-state index >= 15 is 0 Å². The van der Waals surface area contributed by atoms with Crippen LogP contribution in [0.4, 0.5) is 0 Å². The molecule has 0 radical (unpaired) electrons. The number of nitrogens with zero attached hydrogens (tertiary/aromatic N) is 2. The van der Waals surface area contributed by atoms with Crippen molar-refractivity contribution in [2.75, 3.05) is 6.54 Å². The third-order valence-corrected chi connectivity index (χ3v) is 4.94. The van der Waals surface area contributed by atoms with E-state index in [4.69, 9.17) is 11.6 Å². The summed E-state index contributed by atoms with van der Waals surface area (Å²) in [5, 5.41) is 4.50. The SMILES string of the molecule is CCN(Cc1ccncc1Cl)C1CC2CCC(C1)N2. The van der Waals surface area contributed by atoms with Crippen molar-refractivity contribution >= 4 is 11.6 Å². The van der Waals surface area contributed by atoms with Gasteiger partial charge in [0.25, 0.3) is 0 Å². The molecule has 3 rings (SSSR count). The van der Waals surface area contributed by atoms with Crippen LogP contribution in [-0.4, -0.2) is 34.6 Å². The first kappa shape index (κ1) is 13.3. The molecule has 2 fully saturated rings. The van der Waals surface area contributed by atoms with Crippen LogP contribution in [-0.2, 0) is 6.54 Å². The largest absolute Gasteiger partial charge is 0.311 e. The predicted molar refractivity (Wildman–Crippen MR) is 78.3 cm³/mol. The van der Waals surface area contributed by atoms with Gasteiger partial charge >= 0.3 is 0 Å². The van der Waals surface area contributed by atoms with Gasteiger partial charge in [-0.25, -0.2) is 0 Å². The molecule has 1 aromatic heterocycles. The van der Waals surface area contributed by atoms with E-state index in [0.717, 1.165) is 30.2 Å². The van der Waals surface area contributed by atoms with Crippen LogP contribution in [0.25, 0.3) is 0 Å². The topological polar surface area (TPSA) is 28.2 Å². The molecule has 1 N–H and O–H groups in total. The van der Waals surface area contributed by atoms with Crippen molar-refractivity contribution in [3.05, 3.63) is 29.0 Å². The Morgan fingerprint density at radius 1 is 1.37 bits per heavy atom. The molecule has 2 bridgehead atoms. The second-order valence-corrected chi connectivity index (χ2v) is 6.20. The zero-order valence-corrected chi connectivity index (χ0v) is 12.2. The van der Waals surface area contributed by atoms with Crippen LogP contribution in [0, 0.1) is 0 Å². The number of aromatic nitrogens is 1. The van der Waals surface area contributed by atoms with Gasteiger partial charge in [-0.1, -0.05) is 18.5 Å². The highest BCUT2D eigenvalue weighted by Gasteiger charge is 2.35. The molecule has 2 aliphatic rings. The predicted octanol–water partition coefficient (Wildman–Crippen LogP) is 2.84. The van der Waals surface area contributed by atoms with E-state index in [0.29, 0.717) is 6.04 Å². The molecule has 0 spiro atoms. The van der Waals surface area contributed by atoms with Crippen molar-refractivity contribution < 1.29 is 0 Å². The molecule has 4 heteroatoms. The zero-order valence-electron chi connectivity index (χ0n) is 11.5.